The zero-order chi connectivity index (χ0) is 57.3. The van der Waals surface area contributed by atoms with Crippen LogP contribution >= 0.6 is 12.6 Å². The Labute approximate surface area is 429 Å². The number of aliphatic hydroxyl groups is 5. The number of carbonyl (C=O) groups excluding carboxylic acids is 12. The number of aliphatic hydroxyl groups excluding tert-OH is 5. The molecule has 0 unspecified atom stereocenters. The third kappa shape index (κ3) is 23.4. The second-order valence-corrected chi connectivity index (χ2v) is 17.5. The molecule has 0 saturated carbocycles. The Kier molecular flexibility index (Phi) is 30.1. The molecular formula is C41H72N13O19S+. The van der Waals surface area contributed by atoms with Gasteiger partial charge in [0.2, 0.25) is 65.0 Å². The first-order valence-corrected chi connectivity index (χ1v) is 23.5. The van der Waals surface area contributed by atoms with Crippen LogP contribution in [0.1, 0.15) is 67.2 Å². The third-order valence-electron chi connectivity index (χ3n) is 10.7. The van der Waals surface area contributed by atoms with Crippen LogP contribution in [0.3, 0.4) is 0 Å². The number of hydrogen-bond donors (Lipinski definition) is 20. The highest BCUT2D eigenvalue weighted by atomic mass is 32.1. The number of rotatable bonds is 34. The first kappa shape index (κ1) is 67.2. The van der Waals surface area contributed by atoms with Gasteiger partial charge in [-0.3, -0.25) is 62.3 Å². The fourth-order valence-corrected chi connectivity index (χ4v) is 6.37. The number of amides is 12. The second kappa shape index (κ2) is 33.1. The summed E-state index contributed by atoms with van der Waals surface area (Å²) in [6.07, 6.45) is -6.92. The second-order valence-electron chi connectivity index (χ2n) is 17.1. The number of aliphatic carboxylic acids is 1. The minimum Gasteiger partial charge on any atom is -0.481 e. The Morgan fingerprint density at radius 2 is 0.892 bits per heavy atom. The maximum atomic E-state index is 13.5. The molecule has 12 amide bonds. The minimum absolute atomic E-state index is 0.376. The Balaban J connectivity index is 6.07. The summed E-state index contributed by atoms with van der Waals surface area (Å²) in [7, 11) is 0. The van der Waals surface area contributed by atoms with Crippen molar-refractivity contribution < 1.29 is 98.7 Å². The maximum Gasteiger partial charge on any atom is 0.305 e. The normalized spacial score (nSPS) is 16.7. The highest BCUT2D eigenvalue weighted by Crippen LogP contribution is 2.09. The van der Waals surface area contributed by atoms with Crippen molar-refractivity contribution in [3.63, 3.8) is 0 Å². The van der Waals surface area contributed by atoms with Gasteiger partial charge in [-0.05, 0) is 40.0 Å². The molecule has 0 aliphatic heterocycles. The summed E-state index contributed by atoms with van der Waals surface area (Å²) in [6.45, 7) is 4.73. The van der Waals surface area contributed by atoms with E-state index in [4.69, 9.17) is 11.5 Å². The van der Waals surface area contributed by atoms with Gasteiger partial charge in [-0.1, -0.05) is 20.3 Å². The molecule has 74 heavy (non-hydrogen) atoms. The van der Waals surface area contributed by atoms with Crippen LogP contribution in [0.5, 0.6) is 0 Å². The monoisotopic (exact) mass is 1080 g/mol. The molecule has 0 spiro atoms. The van der Waals surface area contributed by atoms with Crippen molar-refractivity contribution in [2.45, 2.75) is 146 Å². The molecule has 0 aromatic heterocycles. The van der Waals surface area contributed by atoms with Crippen LogP contribution in [-0.4, -0.2) is 212 Å². The Morgan fingerprint density at radius 1 is 0.514 bits per heavy atom. The van der Waals surface area contributed by atoms with Crippen molar-refractivity contribution in [2.75, 3.05) is 25.5 Å². The average Bonchev–Trinajstić information content (AvgIpc) is 3.31. The van der Waals surface area contributed by atoms with E-state index >= 15 is 0 Å². The number of thiol groups is 1. The van der Waals surface area contributed by atoms with Crippen LogP contribution in [0.25, 0.3) is 0 Å². The van der Waals surface area contributed by atoms with E-state index in [0.29, 0.717) is 6.42 Å². The van der Waals surface area contributed by atoms with Gasteiger partial charge in [0.25, 0.3) is 5.91 Å². The molecule has 0 aliphatic rings. The van der Waals surface area contributed by atoms with Crippen LogP contribution in [0, 0.1) is 5.92 Å². The molecule has 0 aliphatic carbocycles. The van der Waals surface area contributed by atoms with Crippen LogP contribution in [0.15, 0.2) is 0 Å². The molecule has 0 aromatic carbocycles. The molecule has 23 N–H and O–H groups in total. The lowest BCUT2D eigenvalue weighted by molar-refractivity contribution is -0.398. The number of carboxylic acid groups (broad SMARTS) is 1. The lowest BCUT2D eigenvalue weighted by Gasteiger charge is -2.28. The molecule has 0 saturated heterocycles. The first-order chi connectivity index (χ1) is 34.4. The van der Waals surface area contributed by atoms with Crippen molar-refractivity contribution in [2.24, 2.45) is 17.4 Å². The molecule has 32 nitrogen and oxygen atoms in total. The van der Waals surface area contributed by atoms with E-state index in [0.717, 1.165) is 20.8 Å². The van der Waals surface area contributed by atoms with Gasteiger partial charge >= 0.3 is 5.97 Å². The third-order valence-corrected chi connectivity index (χ3v) is 11.0. The van der Waals surface area contributed by atoms with Crippen LogP contribution in [-0.2, 0) is 62.3 Å². The van der Waals surface area contributed by atoms with Crippen molar-refractivity contribution in [3.05, 3.63) is 0 Å². The molecule has 14 atom stereocenters. The molecule has 0 heterocycles. The predicted molar refractivity (Wildman–Crippen MR) is 255 cm³/mol. The molecule has 420 valence electrons. The van der Waals surface area contributed by atoms with Gasteiger partial charge in [0.05, 0.1) is 44.5 Å². The molecular weight excluding hydrogens is 1010 g/mol. The Bertz CT molecular complexity index is 2010. The zero-order valence-electron chi connectivity index (χ0n) is 41.5. The van der Waals surface area contributed by atoms with Gasteiger partial charge < -0.3 is 101 Å². The standard InChI is InChI=1S/C41H71N13O19S/c1-7-15(2)28(32(44)64)52-35(67)21(10-27(62)63)47-38(70)24(14-74)50-34(66)20(8-9-25(43)60)46-40(72)30(18(5)58)51-26(61)11-45-39(71)29(17(4)57)54-41(73)31(19(6)59)53-37(69)23(13-56)49-36(68)22(12-55)48-33(65)16(3)42/h15-24,28-31,55-59,74H,7-14,42H2,1-6H3,(H2,43,60)(H2,44,64)(H,45,71)(H,46,72)(H,47,70)(H,48,65)(H,49,68)(H,50,66)(H,51,61)(H,52,67)(H,53,69)(H,54,73)(H,62,63)/p+1/t15-,16-,17+,18+,19+,20-,21-,22-,23-,24-,28-,29-,30-,31-/m0/s1. The molecule has 0 bridgehead atoms. The van der Waals surface area contributed by atoms with Gasteiger partial charge in [-0.15, -0.1) is 0 Å². The average molecular weight is 1080 g/mol. The lowest BCUT2D eigenvalue weighted by Crippen LogP contribution is -2.68. The van der Waals surface area contributed by atoms with Crippen molar-refractivity contribution in [3.8, 4) is 0 Å². The number of nitrogens with one attached hydrogen (secondary N) is 10. The fourth-order valence-electron chi connectivity index (χ4n) is 6.11. The van der Waals surface area contributed by atoms with Gasteiger partial charge in [-0.2, -0.15) is 12.6 Å². The van der Waals surface area contributed by atoms with Gasteiger partial charge in [-0.25, -0.2) is 0 Å². The summed E-state index contributed by atoms with van der Waals surface area (Å²) >= 11 is 4.04. The van der Waals surface area contributed by atoms with E-state index in [-0.39, 0.29) is 0 Å². The molecule has 0 radical (unpaired) electrons. The fraction of sp³-hybridized carbons (Fsp3) is 0.683. The summed E-state index contributed by atoms with van der Waals surface area (Å²) in [6, 6.07) is -16.5. The predicted octanol–water partition coefficient (Wildman–Crippen LogP) is -11.6. The molecule has 0 aromatic rings. The SMILES string of the molecule is CC[C@H](C)[C@H](NC(=O)[C@H](CC(=O)O)NC(=O)[C@H](CS)NC(=O)[C@H](CCC(N)=O)NC(=O)[C@@H](NC(=O)CNC(=O)[C@@H](NC(=O)[C@@H](NC(=O)[C@H](CO)NC(=O)[C@H](CO)NC(=O)[C@H](C)[NH3+])[C@@H](C)O)[C@@H](C)O)[C@@H](C)O)C(N)=O. The molecule has 0 fully saturated rings. The first-order valence-electron chi connectivity index (χ1n) is 22.9. The van der Waals surface area contributed by atoms with E-state index in [9.17, 15) is 93.0 Å². The summed E-state index contributed by atoms with van der Waals surface area (Å²) in [5.41, 5.74) is 14.1. The molecule has 33 heteroatoms. The van der Waals surface area contributed by atoms with E-state index in [1.54, 1.807) is 13.8 Å². The highest BCUT2D eigenvalue weighted by molar-refractivity contribution is 7.80. The number of quaternary nitrogens is 1. The van der Waals surface area contributed by atoms with Crippen LogP contribution in [0.2, 0.25) is 0 Å². The van der Waals surface area contributed by atoms with E-state index in [1.807, 2.05) is 0 Å². The van der Waals surface area contributed by atoms with Gasteiger partial charge in [0.15, 0.2) is 6.04 Å². The lowest BCUT2D eigenvalue weighted by atomic mass is 9.98. The Hall–Kier alpha value is -6.78. The number of hydrogen-bond acceptors (Lipinski definition) is 19. The number of nitrogens with two attached hydrogens (primary N) is 2. The Morgan fingerprint density at radius 3 is 1.34 bits per heavy atom. The zero-order valence-corrected chi connectivity index (χ0v) is 42.4. The molecule has 0 rings (SSSR count). The summed E-state index contributed by atoms with van der Waals surface area (Å²) in [5, 5.41) is 81.3. The van der Waals surface area contributed by atoms with Gasteiger partial charge in [0.1, 0.15) is 54.4 Å². The smallest absolute Gasteiger partial charge is 0.305 e. The van der Waals surface area contributed by atoms with Crippen LogP contribution in [0.4, 0.5) is 0 Å². The largest absolute Gasteiger partial charge is 0.481 e. The van der Waals surface area contributed by atoms with Crippen molar-refractivity contribution in [1.29, 1.82) is 0 Å². The van der Waals surface area contributed by atoms with Crippen LogP contribution < -0.4 is 70.4 Å². The maximum absolute atomic E-state index is 13.5. The van der Waals surface area contributed by atoms with Crippen molar-refractivity contribution in [1.82, 2.24) is 53.2 Å². The topological polar surface area (TPSA) is 543 Å². The minimum atomic E-state index is -1.93. The van der Waals surface area contributed by atoms with E-state index in [1.165, 1.54) is 6.92 Å². The van der Waals surface area contributed by atoms with Crippen molar-refractivity contribution >= 4 is 89.5 Å². The van der Waals surface area contributed by atoms with E-state index < -0.39 is 206 Å². The summed E-state index contributed by atoms with van der Waals surface area (Å²) < 4.78 is 0. The number of carboxylic acids is 1. The quantitative estimate of drug-likeness (QED) is 0.0266. The highest BCUT2D eigenvalue weighted by Gasteiger charge is 2.37. The number of carbonyl (C=O) groups is 13. The number of primary amides is 2. The van der Waals surface area contributed by atoms with E-state index in [2.05, 4.69) is 71.5 Å². The summed E-state index contributed by atoms with van der Waals surface area (Å²) in [5.74, 6) is -16.0. The summed E-state index contributed by atoms with van der Waals surface area (Å²) in [4.78, 5) is 166. The van der Waals surface area contributed by atoms with Gasteiger partial charge in [0, 0.05) is 12.2 Å².